The van der Waals surface area contributed by atoms with Crippen molar-refractivity contribution in [2.24, 2.45) is 0 Å². The lowest BCUT2D eigenvalue weighted by Gasteiger charge is -1.96. The summed E-state index contributed by atoms with van der Waals surface area (Å²) in [6.45, 7) is 0. The molecule has 6 heteroatoms. The molecule has 1 rings (SSSR count). The number of hydrogen-bond donors (Lipinski definition) is 2. The van der Waals surface area contributed by atoms with E-state index in [4.69, 9.17) is 10.2 Å². The molecule has 15 heavy (non-hydrogen) atoms. The Morgan fingerprint density at radius 1 is 1.47 bits per heavy atom. The highest BCUT2D eigenvalue weighted by molar-refractivity contribution is 5.85. The van der Waals surface area contributed by atoms with Crippen molar-refractivity contribution in [3.8, 4) is 5.75 Å². The van der Waals surface area contributed by atoms with Crippen LogP contribution in [0.2, 0.25) is 0 Å². The highest BCUT2D eigenvalue weighted by Gasteiger charge is 2.12. The van der Waals surface area contributed by atoms with E-state index in [-0.39, 0.29) is 0 Å². The van der Waals surface area contributed by atoms with Crippen molar-refractivity contribution in [3.05, 3.63) is 40.0 Å². The van der Waals surface area contributed by atoms with Gasteiger partial charge < -0.3 is 10.2 Å². The van der Waals surface area contributed by atoms with Gasteiger partial charge in [0.2, 0.25) is 0 Å². The van der Waals surface area contributed by atoms with Crippen LogP contribution in [0.4, 0.5) is 5.69 Å². The standard InChI is InChI=1S/C9H7NO5/c11-8-3-1-6(2-4-9(12)13)5-7(8)10(14)15/h1-5,11H,(H,12,13)/b4-2+. The lowest BCUT2D eigenvalue weighted by atomic mass is 10.2. The SMILES string of the molecule is O=C(O)/C=C/c1ccc(O)c([N+](=O)[O-])c1. The Morgan fingerprint density at radius 2 is 2.13 bits per heavy atom. The zero-order valence-corrected chi connectivity index (χ0v) is 7.45. The first-order valence-electron chi connectivity index (χ1n) is 3.89. The van der Waals surface area contributed by atoms with Crippen LogP contribution in [0, 0.1) is 10.1 Å². The van der Waals surface area contributed by atoms with Crippen LogP contribution in [0.15, 0.2) is 24.3 Å². The molecule has 0 radical (unpaired) electrons. The van der Waals surface area contributed by atoms with E-state index < -0.39 is 22.3 Å². The highest BCUT2D eigenvalue weighted by atomic mass is 16.6. The van der Waals surface area contributed by atoms with E-state index in [1.165, 1.54) is 12.1 Å². The number of carboxylic acid groups (broad SMARTS) is 1. The zero-order chi connectivity index (χ0) is 11.4. The topological polar surface area (TPSA) is 101 Å². The van der Waals surface area contributed by atoms with Crippen molar-refractivity contribution in [2.75, 3.05) is 0 Å². The highest BCUT2D eigenvalue weighted by Crippen LogP contribution is 2.26. The minimum Gasteiger partial charge on any atom is -0.502 e. The van der Waals surface area contributed by atoms with Gasteiger partial charge in [-0.1, -0.05) is 6.07 Å². The number of aromatic hydroxyl groups is 1. The van der Waals surface area contributed by atoms with Crippen molar-refractivity contribution in [2.45, 2.75) is 0 Å². The van der Waals surface area contributed by atoms with Crippen LogP contribution in [0.25, 0.3) is 6.08 Å². The van der Waals surface area contributed by atoms with Gasteiger partial charge in [0.15, 0.2) is 5.75 Å². The van der Waals surface area contributed by atoms with Crippen LogP contribution >= 0.6 is 0 Å². The third kappa shape index (κ3) is 2.80. The van der Waals surface area contributed by atoms with Crippen LogP contribution in [0.3, 0.4) is 0 Å². The fourth-order valence-electron chi connectivity index (χ4n) is 0.958. The van der Waals surface area contributed by atoms with Crippen LogP contribution < -0.4 is 0 Å². The molecule has 0 saturated carbocycles. The van der Waals surface area contributed by atoms with Gasteiger partial charge in [0, 0.05) is 12.1 Å². The number of aliphatic carboxylic acids is 1. The molecule has 0 amide bonds. The van der Waals surface area contributed by atoms with Gasteiger partial charge in [-0.3, -0.25) is 10.1 Å². The summed E-state index contributed by atoms with van der Waals surface area (Å²) in [4.78, 5) is 19.9. The second-order valence-corrected chi connectivity index (χ2v) is 2.68. The van der Waals surface area contributed by atoms with Gasteiger partial charge in [0.1, 0.15) is 0 Å². The molecule has 0 aromatic heterocycles. The molecule has 78 valence electrons. The predicted molar refractivity (Wildman–Crippen MR) is 51.4 cm³/mol. The van der Waals surface area contributed by atoms with E-state index in [1.807, 2.05) is 0 Å². The number of rotatable bonds is 3. The number of nitro groups is 1. The van der Waals surface area contributed by atoms with Gasteiger partial charge in [0.25, 0.3) is 0 Å². The number of phenols is 1. The molecule has 0 bridgehead atoms. The molecular weight excluding hydrogens is 202 g/mol. The van der Waals surface area contributed by atoms with Gasteiger partial charge in [-0.05, 0) is 17.7 Å². The Bertz CT molecular complexity index is 438. The van der Waals surface area contributed by atoms with E-state index in [2.05, 4.69) is 0 Å². The quantitative estimate of drug-likeness (QED) is 0.445. The minimum atomic E-state index is -1.15. The molecule has 0 aliphatic carbocycles. The second-order valence-electron chi connectivity index (χ2n) is 2.68. The average molecular weight is 209 g/mol. The van der Waals surface area contributed by atoms with Crippen LogP contribution in [0.5, 0.6) is 5.75 Å². The largest absolute Gasteiger partial charge is 0.502 e. The molecule has 6 nitrogen and oxygen atoms in total. The summed E-state index contributed by atoms with van der Waals surface area (Å²) in [5, 5.41) is 27.9. The maximum absolute atomic E-state index is 10.4. The van der Waals surface area contributed by atoms with E-state index in [9.17, 15) is 14.9 Å². The molecule has 0 spiro atoms. The van der Waals surface area contributed by atoms with Gasteiger partial charge in [-0.15, -0.1) is 0 Å². The van der Waals surface area contributed by atoms with E-state index in [0.29, 0.717) is 5.56 Å². The second kappa shape index (κ2) is 4.23. The molecule has 0 unspecified atom stereocenters. The van der Waals surface area contributed by atoms with Crippen molar-refractivity contribution >= 4 is 17.7 Å². The molecule has 0 fully saturated rings. The first kappa shape index (κ1) is 10.7. The Kier molecular flexibility index (Phi) is 3.02. The van der Waals surface area contributed by atoms with E-state index in [0.717, 1.165) is 18.2 Å². The summed E-state index contributed by atoms with van der Waals surface area (Å²) in [5.41, 5.74) is -0.121. The van der Waals surface area contributed by atoms with Gasteiger partial charge >= 0.3 is 11.7 Å². The van der Waals surface area contributed by atoms with E-state index in [1.54, 1.807) is 0 Å². The fourth-order valence-corrected chi connectivity index (χ4v) is 0.958. The van der Waals surface area contributed by atoms with Crippen molar-refractivity contribution in [1.82, 2.24) is 0 Å². The Balaban J connectivity index is 3.08. The van der Waals surface area contributed by atoms with Gasteiger partial charge in [-0.2, -0.15) is 0 Å². The summed E-state index contributed by atoms with van der Waals surface area (Å²) in [7, 11) is 0. The Hall–Kier alpha value is -2.37. The van der Waals surface area contributed by atoms with Crippen molar-refractivity contribution < 1.29 is 19.9 Å². The molecule has 0 aliphatic rings. The molecule has 2 N–H and O–H groups in total. The fraction of sp³-hybridized carbons (Fsp3) is 0. The normalized spacial score (nSPS) is 10.4. The number of nitro benzene ring substituents is 1. The summed E-state index contributed by atoms with van der Waals surface area (Å²) in [6.07, 6.45) is 2.06. The Morgan fingerprint density at radius 3 is 2.67 bits per heavy atom. The first-order valence-corrected chi connectivity index (χ1v) is 3.89. The molecule has 0 aliphatic heterocycles. The smallest absolute Gasteiger partial charge is 0.328 e. The number of phenolic OH excluding ortho intramolecular Hbond substituents is 1. The summed E-state index contributed by atoms with van der Waals surface area (Å²) in [6, 6.07) is 3.61. The maximum atomic E-state index is 10.4. The number of nitrogens with zero attached hydrogens (tertiary/aromatic N) is 1. The minimum absolute atomic E-state index is 0.335. The Labute approximate surface area is 84.2 Å². The third-order valence-electron chi connectivity index (χ3n) is 1.61. The number of hydrogen-bond acceptors (Lipinski definition) is 4. The third-order valence-corrected chi connectivity index (χ3v) is 1.61. The van der Waals surface area contributed by atoms with Crippen LogP contribution in [-0.4, -0.2) is 21.1 Å². The predicted octanol–water partition coefficient (Wildman–Crippen LogP) is 1.40. The monoisotopic (exact) mass is 209 g/mol. The molecule has 0 saturated heterocycles. The van der Waals surface area contributed by atoms with Crippen LogP contribution in [-0.2, 0) is 4.79 Å². The van der Waals surface area contributed by atoms with Crippen molar-refractivity contribution in [1.29, 1.82) is 0 Å². The molecule has 1 aromatic carbocycles. The number of carboxylic acids is 1. The zero-order valence-electron chi connectivity index (χ0n) is 7.45. The molecule has 0 heterocycles. The summed E-state index contributed by atoms with van der Waals surface area (Å²) < 4.78 is 0. The lowest BCUT2D eigenvalue weighted by Crippen LogP contribution is -1.90. The number of carbonyl (C=O) groups is 1. The average Bonchev–Trinajstić information content (AvgIpc) is 2.16. The molecule has 1 aromatic rings. The lowest BCUT2D eigenvalue weighted by molar-refractivity contribution is -0.385. The first-order chi connectivity index (χ1) is 7.00. The molecular formula is C9H7NO5. The molecule has 0 atom stereocenters. The number of benzene rings is 1. The van der Waals surface area contributed by atoms with Gasteiger partial charge in [-0.25, -0.2) is 4.79 Å². The van der Waals surface area contributed by atoms with E-state index >= 15 is 0 Å². The summed E-state index contributed by atoms with van der Waals surface area (Å²) in [5.74, 6) is -1.60. The van der Waals surface area contributed by atoms with Gasteiger partial charge in [0.05, 0.1) is 4.92 Å². The van der Waals surface area contributed by atoms with Crippen molar-refractivity contribution in [3.63, 3.8) is 0 Å². The summed E-state index contributed by atoms with van der Waals surface area (Å²) >= 11 is 0. The van der Waals surface area contributed by atoms with Crippen LogP contribution in [0.1, 0.15) is 5.56 Å². The maximum Gasteiger partial charge on any atom is 0.328 e.